The van der Waals surface area contributed by atoms with Crippen molar-refractivity contribution >= 4 is 12.0 Å². The van der Waals surface area contributed by atoms with Crippen molar-refractivity contribution < 1.29 is 4.79 Å². The minimum Gasteiger partial charge on any atom is -0.398 e. The van der Waals surface area contributed by atoms with E-state index in [0.717, 1.165) is 28.7 Å². The van der Waals surface area contributed by atoms with Crippen LogP contribution in [0.25, 0.3) is 0 Å². The topological polar surface area (TPSA) is 43.1 Å². The molecule has 0 aliphatic carbocycles. The monoisotopic (exact) mass is 205 g/mol. The van der Waals surface area contributed by atoms with Crippen LogP contribution in [0.15, 0.2) is 12.1 Å². The van der Waals surface area contributed by atoms with Gasteiger partial charge in [-0.3, -0.25) is 4.79 Å². The Morgan fingerprint density at radius 1 is 1.07 bits per heavy atom. The average molecular weight is 205 g/mol. The highest BCUT2D eigenvalue weighted by Gasteiger charge is 2.16. The lowest BCUT2D eigenvalue weighted by Crippen LogP contribution is -2.07. The van der Waals surface area contributed by atoms with Gasteiger partial charge in [0.25, 0.3) is 0 Å². The van der Waals surface area contributed by atoms with Gasteiger partial charge in [-0.1, -0.05) is 27.7 Å². The maximum atomic E-state index is 11.0. The van der Waals surface area contributed by atoms with Crippen LogP contribution in [0.3, 0.4) is 0 Å². The zero-order valence-corrected chi connectivity index (χ0v) is 9.87. The molecule has 0 saturated carbocycles. The summed E-state index contributed by atoms with van der Waals surface area (Å²) in [4.78, 5) is 11.0. The van der Waals surface area contributed by atoms with Gasteiger partial charge in [-0.15, -0.1) is 0 Å². The molecule has 2 heteroatoms. The molecular weight excluding hydrogens is 186 g/mol. The number of nitrogen functional groups attached to an aromatic ring is 1. The molecule has 82 valence electrons. The summed E-state index contributed by atoms with van der Waals surface area (Å²) in [5.74, 6) is 0.674. The molecule has 0 fully saturated rings. The Kier molecular flexibility index (Phi) is 3.51. The van der Waals surface area contributed by atoms with E-state index in [2.05, 4.69) is 27.7 Å². The van der Waals surface area contributed by atoms with Gasteiger partial charge < -0.3 is 5.73 Å². The van der Waals surface area contributed by atoms with Gasteiger partial charge in [0, 0.05) is 11.3 Å². The molecular formula is C13H19NO. The first kappa shape index (κ1) is 11.8. The maximum absolute atomic E-state index is 11.0. The fourth-order valence-corrected chi connectivity index (χ4v) is 2.06. The van der Waals surface area contributed by atoms with Gasteiger partial charge in [0.05, 0.1) is 0 Å². The summed E-state index contributed by atoms with van der Waals surface area (Å²) >= 11 is 0. The van der Waals surface area contributed by atoms with Crippen molar-refractivity contribution in [2.24, 2.45) is 0 Å². The van der Waals surface area contributed by atoms with E-state index < -0.39 is 0 Å². The van der Waals surface area contributed by atoms with E-state index in [1.807, 2.05) is 12.1 Å². The highest BCUT2D eigenvalue weighted by Crippen LogP contribution is 2.32. The molecule has 15 heavy (non-hydrogen) atoms. The van der Waals surface area contributed by atoms with Crippen molar-refractivity contribution in [2.75, 3.05) is 5.73 Å². The van der Waals surface area contributed by atoms with E-state index in [1.54, 1.807) is 0 Å². The van der Waals surface area contributed by atoms with E-state index in [-0.39, 0.29) is 0 Å². The number of nitrogens with two attached hydrogens (primary N) is 1. The van der Waals surface area contributed by atoms with Gasteiger partial charge in [0.15, 0.2) is 0 Å². The van der Waals surface area contributed by atoms with Crippen LogP contribution in [0.2, 0.25) is 0 Å². The smallest absolute Gasteiger partial charge is 0.150 e. The Morgan fingerprint density at radius 3 is 2.00 bits per heavy atom. The molecule has 0 amide bonds. The van der Waals surface area contributed by atoms with Gasteiger partial charge >= 0.3 is 0 Å². The third-order valence-electron chi connectivity index (χ3n) is 2.64. The molecule has 1 aromatic carbocycles. The summed E-state index contributed by atoms with van der Waals surface area (Å²) in [5, 5.41) is 0. The van der Waals surface area contributed by atoms with Crippen LogP contribution >= 0.6 is 0 Å². The average Bonchev–Trinajstić information content (AvgIpc) is 2.16. The Morgan fingerprint density at radius 2 is 1.60 bits per heavy atom. The van der Waals surface area contributed by atoms with Gasteiger partial charge in [-0.2, -0.15) is 0 Å². The highest BCUT2D eigenvalue weighted by molar-refractivity contribution is 5.80. The van der Waals surface area contributed by atoms with Crippen LogP contribution in [-0.4, -0.2) is 6.29 Å². The lowest BCUT2D eigenvalue weighted by atomic mass is 9.86. The Bertz CT molecular complexity index is 367. The third-order valence-corrected chi connectivity index (χ3v) is 2.64. The van der Waals surface area contributed by atoms with E-state index in [1.165, 1.54) is 0 Å². The molecule has 0 unspecified atom stereocenters. The zero-order chi connectivity index (χ0) is 11.6. The van der Waals surface area contributed by atoms with E-state index in [4.69, 9.17) is 5.73 Å². The van der Waals surface area contributed by atoms with Gasteiger partial charge in [0.1, 0.15) is 6.29 Å². The Hall–Kier alpha value is -1.31. The summed E-state index contributed by atoms with van der Waals surface area (Å²) < 4.78 is 0. The van der Waals surface area contributed by atoms with Gasteiger partial charge in [-0.25, -0.2) is 0 Å². The fraction of sp³-hybridized carbons (Fsp3) is 0.462. The molecule has 0 atom stereocenters. The van der Waals surface area contributed by atoms with Crippen molar-refractivity contribution in [3.63, 3.8) is 0 Å². The van der Waals surface area contributed by atoms with Crippen LogP contribution in [0, 0.1) is 0 Å². The van der Waals surface area contributed by atoms with Crippen molar-refractivity contribution in [3.05, 3.63) is 28.8 Å². The van der Waals surface area contributed by atoms with E-state index in [9.17, 15) is 4.79 Å². The number of aldehydes is 1. The van der Waals surface area contributed by atoms with Crippen LogP contribution < -0.4 is 5.73 Å². The number of anilines is 1. The molecule has 2 N–H and O–H groups in total. The second-order valence-corrected chi connectivity index (χ2v) is 4.50. The van der Waals surface area contributed by atoms with Crippen LogP contribution in [0.5, 0.6) is 0 Å². The van der Waals surface area contributed by atoms with Crippen molar-refractivity contribution in [1.82, 2.24) is 0 Å². The number of benzene rings is 1. The molecule has 0 spiro atoms. The predicted molar refractivity (Wildman–Crippen MR) is 64.4 cm³/mol. The maximum Gasteiger partial charge on any atom is 0.150 e. The number of rotatable bonds is 3. The summed E-state index contributed by atoms with van der Waals surface area (Å²) in [7, 11) is 0. The number of hydrogen-bond acceptors (Lipinski definition) is 2. The number of carbonyl (C=O) groups excluding carboxylic acids is 1. The molecule has 0 heterocycles. The molecule has 0 aliphatic heterocycles. The largest absolute Gasteiger partial charge is 0.398 e. The second kappa shape index (κ2) is 4.47. The molecule has 0 radical (unpaired) electrons. The third kappa shape index (κ3) is 2.20. The summed E-state index contributed by atoms with van der Waals surface area (Å²) in [6.45, 7) is 8.39. The molecule has 0 aliphatic rings. The molecule has 2 nitrogen and oxygen atoms in total. The first-order valence-corrected chi connectivity index (χ1v) is 5.36. The van der Waals surface area contributed by atoms with E-state index in [0.29, 0.717) is 11.8 Å². The standard InChI is InChI=1S/C13H19NO/c1-8(2)12-10(7-15)5-6-11(14)13(12)9(3)4/h5-9H,14H2,1-4H3. The van der Waals surface area contributed by atoms with Crippen molar-refractivity contribution in [1.29, 1.82) is 0 Å². The molecule has 0 bridgehead atoms. The van der Waals surface area contributed by atoms with Crippen LogP contribution in [0.4, 0.5) is 5.69 Å². The lowest BCUT2D eigenvalue weighted by Gasteiger charge is -2.20. The lowest BCUT2D eigenvalue weighted by molar-refractivity contribution is 0.112. The first-order valence-electron chi connectivity index (χ1n) is 5.36. The Labute approximate surface area is 91.5 Å². The number of carbonyl (C=O) groups is 1. The van der Waals surface area contributed by atoms with Crippen LogP contribution in [0.1, 0.15) is 61.0 Å². The Balaban J connectivity index is 3.50. The highest BCUT2D eigenvalue weighted by atomic mass is 16.1. The first-order chi connectivity index (χ1) is 6.99. The van der Waals surface area contributed by atoms with Crippen molar-refractivity contribution in [3.8, 4) is 0 Å². The normalized spacial score (nSPS) is 11.1. The molecule has 1 rings (SSSR count). The summed E-state index contributed by atoms with van der Waals surface area (Å²) in [6.07, 6.45) is 0.917. The van der Waals surface area contributed by atoms with E-state index >= 15 is 0 Å². The molecule has 0 aromatic heterocycles. The minimum absolute atomic E-state index is 0.325. The number of hydrogen-bond donors (Lipinski definition) is 1. The molecule has 0 saturated heterocycles. The zero-order valence-electron chi connectivity index (χ0n) is 9.87. The van der Waals surface area contributed by atoms with Gasteiger partial charge in [-0.05, 0) is 35.1 Å². The summed E-state index contributed by atoms with van der Waals surface area (Å²) in [5.41, 5.74) is 9.74. The van der Waals surface area contributed by atoms with Gasteiger partial charge in [0.2, 0.25) is 0 Å². The van der Waals surface area contributed by atoms with Crippen molar-refractivity contribution in [2.45, 2.75) is 39.5 Å². The quantitative estimate of drug-likeness (QED) is 0.607. The summed E-state index contributed by atoms with van der Waals surface area (Å²) in [6, 6.07) is 3.63. The minimum atomic E-state index is 0.325. The predicted octanol–water partition coefficient (Wildman–Crippen LogP) is 3.33. The fourth-order valence-electron chi connectivity index (χ4n) is 2.06. The second-order valence-electron chi connectivity index (χ2n) is 4.50. The molecule has 1 aromatic rings. The SMILES string of the molecule is CC(C)c1c(N)ccc(C=O)c1C(C)C. The van der Waals surface area contributed by atoms with Crippen LogP contribution in [-0.2, 0) is 0 Å².